The highest BCUT2D eigenvalue weighted by Gasteiger charge is 2.07. The predicted molar refractivity (Wildman–Crippen MR) is 67.3 cm³/mol. The summed E-state index contributed by atoms with van der Waals surface area (Å²) in [6, 6.07) is 3.75. The normalized spacial score (nSPS) is 11.0. The van der Waals surface area contributed by atoms with Gasteiger partial charge in [-0.05, 0) is 38.2 Å². The molecule has 2 N–H and O–H groups in total. The number of H-pyrrole nitrogens is 1. The summed E-state index contributed by atoms with van der Waals surface area (Å²) in [5.41, 5.74) is -0.559. The summed E-state index contributed by atoms with van der Waals surface area (Å²) in [5, 5.41) is 3.13. The second-order valence-corrected chi connectivity index (χ2v) is 4.03. The standard InChI is InChI=1S/C12H14FN3O2/c1-14-5-2-6-16-11(17)9-7-8(13)3-4-10(9)15-12(16)18/h3-4,7,14H,2,5-6H2,1H3,(H,15,18). The molecule has 1 heterocycles. The van der Waals surface area contributed by atoms with Gasteiger partial charge in [0.1, 0.15) is 5.82 Å². The van der Waals surface area contributed by atoms with Crippen LogP contribution in [0, 0.1) is 5.82 Å². The molecule has 96 valence electrons. The fourth-order valence-corrected chi connectivity index (χ4v) is 1.84. The van der Waals surface area contributed by atoms with Crippen LogP contribution in [-0.4, -0.2) is 23.1 Å². The molecule has 0 unspecified atom stereocenters. The summed E-state index contributed by atoms with van der Waals surface area (Å²) in [5.74, 6) is -0.492. The van der Waals surface area contributed by atoms with Gasteiger partial charge in [-0.1, -0.05) is 0 Å². The first-order chi connectivity index (χ1) is 8.63. The minimum atomic E-state index is -0.492. The van der Waals surface area contributed by atoms with Gasteiger partial charge in [0.25, 0.3) is 5.56 Å². The second-order valence-electron chi connectivity index (χ2n) is 4.03. The van der Waals surface area contributed by atoms with Crippen LogP contribution in [0.2, 0.25) is 0 Å². The molecule has 0 atom stereocenters. The second kappa shape index (κ2) is 5.14. The predicted octanol–water partition coefficient (Wildman–Crippen LogP) is 0.438. The lowest BCUT2D eigenvalue weighted by molar-refractivity contribution is 0.577. The van der Waals surface area contributed by atoms with Crippen molar-refractivity contribution in [1.82, 2.24) is 14.9 Å². The first-order valence-electron chi connectivity index (χ1n) is 5.70. The molecular weight excluding hydrogens is 237 g/mol. The Morgan fingerprint density at radius 1 is 1.39 bits per heavy atom. The van der Waals surface area contributed by atoms with E-state index in [9.17, 15) is 14.0 Å². The summed E-state index contributed by atoms with van der Waals surface area (Å²) in [7, 11) is 1.79. The van der Waals surface area contributed by atoms with Crippen molar-refractivity contribution in [1.29, 1.82) is 0 Å². The fourth-order valence-electron chi connectivity index (χ4n) is 1.84. The number of fused-ring (bicyclic) bond motifs is 1. The van der Waals surface area contributed by atoms with Crippen molar-refractivity contribution in [2.45, 2.75) is 13.0 Å². The molecule has 0 saturated carbocycles. The molecule has 1 aromatic heterocycles. The molecule has 0 spiro atoms. The molecule has 6 heteroatoms. The van der Waals surface area contributed by atoms with E-state index in [1.165, 1.54) is 12.1 Å². The van der Waals surface area contributed by atoms with E-state index in [4.69, 9.17) is 0 Å². The van der Waals surface area contributed by atoms with E-state index in [1.54, 1.807) is 7.05 Å². The molecule has 0 fully saturated rings. The fraction of sp³-hybridized carbons (Fsp3) is 0.333. The van der Waals surface area contributed by atoms with Gasteiger partial charge < -0.3 is 10.3 Å². The minimum absolute atomic E-state index is 0.194. The lowest BCUT2D eigenvalue weighted by Crippen LogP contribution is -2.35. The van der Waals surface area contributed by atoms with Crippen LogP contribution >= 0.6 is 0 Å². The largest absolute Gasteiger partial charge is 0.328 e. The zero-order chi connectivity index (χ0) is 13.1. The SMILES string of the molecule is CNCCCn1c(=O)[nH]c2ccc(F)cc2c1=O. The third-order valence-electron chi connectivity index (χ3n) is 2.75. The van der Waals surface area contributed by atoms with Crippen LogP contribution < -0.4 is 16.6 Å². The van der Waals surface area contributed by atoms with E-state index in [1.807, 2.05) is 0 Å². The van der Waals surface area contributed by atoms with Crippen molar-refractivity contribution in [3.8, 4) is 0 Å². The summed E-state index contributed by atoms with van der Waals surface area (Å²) in [4.78, 5) is 26.4. The molecule has 0 aliphatic carbocycles. The Morgan fingerprint density at radius 2 is 2.17 bits per heavy atom. The maximum Gasteiger partial charge on any atom is 0.328 e. The van der Waals surface area contributed by atoms with E-state index in [2.05, 4.69) is 10.3 Å². The van der Waals surface area contributed by atoms with Crippen molar-refractivity contribution in [2.24, 2.45) is 0 Å². The van der Waals surface area contributed by atoms with Crippen LogP contribution in [-0.2, 0) is 6.54 Å². The summed E-state index contributed by atoms with van der Waals surface area (Å²) in [6.45, 7) is 1.01. The van der Waals surface area contributed by atoms with Crippen molar-refractivity contribution in [2.75, 3.05) is 13.6 Å². The summed E-state index contributed by atoms with van der Waals surface area (Å²) >= 11 is 0. The van der Waals surface area contributed by atoms with Crippen LogP contribution in [0.4, 0.5) is 4.39 Å². The van der Waals surface area contributed by atoms with Gasteiger partial charge >= 0.3 is 5.69 Å². The van der Waals surface area contributed by atoms with Gasteiger partial charge in [0.15, 0.2) is 0 Å². The lowest BCUT2D eigenvalue weighted by Gasteiger charge is -2.06. The van der Waals surface area contributed by atoms with Gasteiger partial charge in [-0.3, -0.25) is 9.36 Å². The third-order valence-corrected chi connectivity index (χ3v) is 2.75. The molecule has 0 amide bonds. The van der Waals surface area contributed by atoms with E-state index >= 15 is 0 Å². The number of rotatable bonds is 4. The highest BCUT2D eigenvalue weighted by atomic mass is 19.1. The topological polar surface area (TPSA) is 66.9 Å². The number of hydrogen-bond donors (Lipinski definition) is 2. The Hall–Kier alpha value is -1.95. The first kappa shape index (κ1) is 12.5. The molecule has 1 aromatic carbocycles. The maximum absolute atomic E-state index is 13.1. The Balaban J connectivity index is 2.53. The number of nitrogens with zero attached hydrogens (tertiary/aromatic N) is 1. The van der Waals surface area contributed by atoms with Gasteiger partial charge in [0.05, 0.1) is 10.9 Å². The number of aromatic nitrogens is 2. The average molecular weight is 251 g/mol. The smallest absolute Gasteiger partial charge is 0.320 e. The molecule has 0 bridgehead atoms. The molecule has 2 rings (SSSR count). The van der Waals surface area contributed by atoms with E-state index in [0.29, 0.717) is 25.0 Å². The quantitative estimate of drug-likeness (QED) is 0.775. The maximum atomic E-state index is 13.1. The first-order valence-corrected chi connectivity index (χ1v) is 5.70. The highest BCUT2D eigenvalue weighted by molar-refractivity contribution is 5.77. The minimum Gasteiger partial charge on any atom is -0.320 e. The molecule has 0 saturated heterocycles. The van der Waals surface area contributed by atoms with Crippen molar-refractivity contribution in [3.05, 3.63) is 44.9 Å². The van der Waals surface area contributed by atoms with Crippen molar-refractivity contribution < 1.29 is 4.39 Å². The zero-order valence-electron chi connectivity index (χ0n) is 10.00. The Kier molecular flexibility index (Phi) is 3.57. The van der Waals surface area contributed by atoms with E-state index < -0.39 is 17.1 Å². The van der Waals surface area contributed by atoms with Gasteiger partial charge in [-0.15, -0.1) is 0 Å². The highest BCUT2D eigenvalue weighted by Crippen LogP contribution is 2.07. The molecule has 5 nitrogen and oxygen atoms in total. The number of hydrogen-bond acceptors (Lipinski definition) is 3. The third kappa shape index (κ3) is 2.33. The van der Waals surface area contributed by atoms with Crippen molar-refractivity contribution >= 4 is 10.9 Å². The van der Waals surface area contributed by atoms with E-state index in [-0.39, 0.29) is 5.39 Å². The Labute approximate surface area is 102 Å². The Morgan fingerprint density at radius 3 is 2.89 bits per heavy atom. The van der Waals surface area contributed by atoms with E-state index in [0.717, 1.165) is 10.6 Å². The molecule has 0 aliphatic rings. The molecular formula is C12H14FN3O2. The summed E-state index contributed by atoms with van der Waals surface area (Å²) in [6.07, 6.45) is 0.653. The van der Waals surface area contributed by atoms with Crippen LogP contribution in [0.1, 0.15) is 6.42 Å². The van der Waals surface area contributed by atoms with Crippen LogP contribution in [0.3, 0.4) is 0 Å². The summed E-state index contributed by atoms with van der Waals surface area (Å²) < 4.78 is 14.2. The van der Waals surface area contributed by atoms with Gasteiger partial charge in [0, 0.05) is 6.54 Å². The van der Waals surface area contributed by atoms with Gasteiger partial charge in [-0.25, -0.2) is 9.18 Å². The molecule has 2 aromatic rings. The zero-order valence-corrected chi connectivity index (χ0v) is 10.00. The van der Waals surface area contributed by atoms with Crippen LogP contribution in [0.25, 0.3) is 10.9 Å². The number of halogens is 1. The van der Waals surface area contributed by atoms with Crippen LogP contribution in [0.15, 0.2) is 27.8 Å². The molecule has 0 radical (unpaired) electrons. The Bertz CT molecular complexity index is 675. The molecule has 18 heavy (non-hydrogen) atoms. The van der Waals surface area contributed by atoms with Gasteiger partial charge in [0.2, 0.25) is 0 Å². The average Bonchev–Trinajstić information content (AvgIpc) is 2.35. The van der Waals surface area contributed by atoms with Gasteiger partial charge in [-0.2, -0.15) is 0 Å². The lowest BCUT2D eigenvalue weighted by atomic mass is 10.2. The number of benzene rings is 1. The van der Waals surface area contributed by atoms with Crippen molar-refractivity contribution in [3.63, 3.8) is 0 Å². The molecule has 0 aliphatic heterocycles. The number of nitrogens with one attached hydrogen (secondary N) is 2. The number of aromatic amines is 1. The monoisotopic (exact) mass is 251 g/mol. The van der Waals surface area contributed by atoms with Crippen LogP contribution in [0.5, 0.6) is 0 Å².